The van der Waals surface area contributed by atoms with Gasteiger partial charge in [-0.25, -0.2) is 0 Å². The van der Waals surface area contributed by atoms with Crippen LogP contribution in [-0.4, -0.2) is 35.1 Å². The van der Waals surface area contributed by atoms with Gasteiger partial charge in [-0.3, -0.25) is 9.69 Å². The van der Waals surface area contributed by atoms with E-state index in [9.17, 15) is 4.79 Å². The quantitative estimate of drug-likeness (QED) is 0.670. The van der Waals surface area contributed by atoms with Gasteiger partial charge in [-0.2, -0.15) is 0 Å². The predicted molar refractivity (Wildman–Crippen MR) is 63.4 cm³/mol. The summed E-state index contributed by atoms with van der Waals surface area (Å²) in [6.07, 6.45) is 0. The summed E-state index contributed by atoms with van der Waals surface area (Å²) in [6.45, 7) is 12.5. The third-order valence-corrected chi connectivity index (χ3v) is 2.35. The van der Waals surface area contributed by atoms with Crippen LogP contribution in [0.2, 0.25) is 0 Å². The van der Waals surface area contributed by atoms with Gasteiger partial charge in [-0.15, -0.1) is 0 Å². The standard InChI is InChI=1S/C11H25N3O/c1-7-14(8(2)3)9(4)10(15)13-11(5,6)12/h8-9H,7,12H2,1-6H3,(H,13,15)/t9-/m0/s1. The van der Waals surface area contributed by atoms with E-state index in [4.69, 9.17) is 5.73 Å². The molecule has 0 aliphatic rings. The van der Waals surface area contributed by atoms with Crippen molar-refractivity contribution in [3.8, 4) is 0 Å². The number of hydrogen-bond acceptors (Lipinski definition) is 3. The molecule has 0 aromatic rings. The Morgan fingerprint density at radius 3 is 2.13 bits per heavy atom. The SMILES string of the molecule is CCN(C(C)C)[C@@H](C)C(=O)NC(C)(C)N. The molecule has 90 valence electrons. The van der Waals surface area contributed by atoms with E-state index in [0.717, 1.165) is 6.54 Å². The number of nitrogens with one attached hydrogen (secondary N) is 1. The van der Waals surface area contributed by atoms with E-state index in [2.05, 4.69) is 31.0 Å². The second-order valence-electron chi connectivity index (χ2n) is 4.81. The van der Waals surface area contributed by atoms with Gasteiger partial charge in [0, 0.05) is 6.04 Å². The number of carbonyl (C=O) groups is 1. The van der Waals surface area contributed by atoms with Crippen LogP contribution in [0.5, 0.6) is 0 Å². The van der Waals surface area contributed by atoms with Crippen LogP contribution in [0.3, 0.4) is 0 Å². The first kappa shape index (κ1) is 14.4. The average molecular weight is 215 g/mol. The van der Waals surface area contributed by atoms with Gasteiger partial charge >= 0.3 is 0 Å². The lowest BCUT2D eigenvalue weighted by molar-refractivity contribution is -0.128. The molecule has 4 heteroatoms. The molecule has 0 aliphatic carbocycles. The highest BCUT2D eigenvalue weighted by atomic mass is 16.2. The maximum atomic E-state index is 11.8. The highest BCUT2D eigenvalue weighted by molar-refractivity contribution is 5.81. The Hall–Kier alpha value is -0.610. The van der Waals surface area contributed by atoms with Crippen molar-refractivity contribution in [2.75, 3.05) is 6.54 Å². The maximum Gasteiger partial charge on any atom is 0.238 e. The van der Waals surface area contributed by atoms with Crippen molar-refractivity contribution in [3.05, 3.63) is 0 Å². The van der Waals surface area contributed by atoms with Gasteiger partial charge < -0.3 is 11.1 Å². The topological polar surface area (TPSA) is 58.4 Å². The molecule has 3 N–H and O–H groups in total. The summed E-state index contributed by atoms with van der Waals surface area (Å²) in [7, 11) is 0. The highest BCUT2D eigenvalue weighted by Crippen LogP contribution is 2.06. The molecule has 0 radical (unpaired) electrons. The molecular weight excluding hydrogens is 190 g/mol. The molecule has 0 saturated heterocycles. The largest absolute Gasteiger partial charge is 0.337 e. The normalized spacial score (nSPS) is 14.5. The molecule has 4 nitrogen and oxygen atoms in total. The fourth-order valence-electron chi connectivity index (χ4n) is 1.66. The van der Waals surface area contributed by atoms with E-state index < -0.39 is 5.66 Å². The summed E-state index contributed by atoms with van der Waals surface area (Å²) in [5.74, 6) is -0.0157. The van der Waals surface area contributed by atoms with E-state index in [1.807, 2.05) is 6.92 Å². The van der Waals surface area contributed by atoms with Gasteiger partial charge in [0.05, 0.1) is 11.7 Å². The van der Waals surface area contributed by atoms with Crippen molar-refractivity contribution in [3.63, 3.8) is 0 Å². The zero-order valence-corrected chi connectivity index (χ0v) is 10.8. The summed E-state index contributed by atoms with van der Waals surface area (Å²) in [4.78, 5) is 14.0. The predicted octanol–water partition coefficient (Wildman–Crippen LogP) is 0.916. The fourth-order valence-corrected chi connectivity index (χ4v) is 1.66. The van der Waals surface area contributed by atoms with Crippen LogP contribution in [-0.2, 0) is 4.79 Å². The van der Waals surface area contributed by atoms with Crippen molar-refractivity contribution < 1.29 is 4.79 Å². The monoisotopic (exact) mass is 215 g/mol. The van der Waals surface area contributed by atoms with Gasteiger partial charge in [0.25, 0.3) is 0 Å². The van der Waals surface area contributed by atoms with E-state index in [1.165, 1.54) is 0 Å². The number of hydrogen-bond donors (Lipinski definition) is 2. The summed E-state index contributed by atoms with van der Waals surface area (Å²) in [6, 6.07) is 0.217. The summed E-state index contributed by atoms with van der Waals surface area (Å²) < 4.78 is 0. The zero-order chi connectivity index (χ0) is 12.2. The van der Waals surface area contributed by atoms with Gasteiger partial charge in [0.1, 0.15) is 0 Å². The van der Waals surface area contributed by atoms with Crippen LogP contribution < -0.4 is 11.1 Å². The molecule has 0 aliphatic heterocycles. The Bertz CT molecular complexity index is 208. The second-order valence-corrected chi connectivity index (χ2v) is 4.81. The second kappa shape index (κ2) is 5.47. The lowest BCUT2D eigenvalue weighted by atomic mass is 10.1. The number of rotatable bonds is 5. The Morgan fingerprint density at radius 2 is 1.87 bits per heavy atom. The fraction of sp³-hybridized carbons (Fsp3) is 0.909. The molecule has 0 unspecified atom stereocenters. The number of likely N-dealkylation sites (N-methyl/N-ethyl adjacent to an activating group) is 1. The Kier molecular flexibility index (Phi) is 5.24. The van der Waals surface area contributed by atoms with Crippen LogP contribution in [0, 0.1) is 0 Å². The smallest absolute Gasteiger partial charge is 0.238 e. The number of amides is 1. The van der Waals surface area contributed by atoms with Gasteiger partial charge in [-0.1, -0.05) is 6.92 Å². The summed E-state index contributed by atoms with van der Waals surface area (Å²) >= 11 is 0. The zero-order valence-electron chi connectivity index (χ0n) is 10.8. The van der Waals surface area contributed by atoms with Crippen molar-refractivity contribution in [2.45, 2.75) is 59.3 Å². The molecule has 0 bridgehead atoms. The molecule has 0 aromatic heterocycles. The first-order valence-corrected chi connectivity index (χ1v) is 5.55. The Morgan fingerprint density at radius 1 is 1.40 bits per heavy atom. The number of nitrogens with two attached hydrogens (primary N) is 1. The van der Waals surface area contributed by atoms with Crippen molar-refractivity contribution in [1.82, 2.24) is 10.2 Å². The third kappa shape index (κ3) is 5.14. The van der Waals surface area contributed by atoms with Crippen molar-refractivity contribution in [2.24, 2.45) is 5.73 Å². The van der Waals surface area contributed by atoms with Crippen LogP contribution in [0.25, 0.3) is 0 Å². The van der Waals surface area contributed by atoms with Crippen LogP contribution in [0.4, 0.5) is 0 Å². The molecule has 0 rings (SSSR count). The average Bonchev–Trinajstić information content (AvgIpc) is 2.01. The molecule has 0 heterocycles. The maximum absolute atomic E-state index is 11.8. The van der Waals surface area contributed by atoms with E-state index in [0.29, 0.717) is 6.04 Å². The van der Waals surface area contributed by atoms with Crippen LogP contribution in [0.15, 0.2) is 0 Å². The van der Waals surface area contributed by atoms with Crippen LogP contribution in [0.1, 0.15) is 41.5 Å². The minimum absolute atomic E-state index is 0.0157. The highest BCUT2D eigenvalue weighted by Gasteiger charge is 2.25. The Balaban J connectivity index is 4.42. The lowest BCUT2D eigenvalue weighted by Crippen LogP contribution is -2.57. The van der Waals surface area contributed by atoms with Gasteiger partial charge in [-0.05, 0) is 41.2 Å². The Labute approximate surface area is 93.2 Å². The van der Waals surface area contributed by atoms with Gasteiger partial charge in [0.15, 0.2) is 0 Å². The molecule has 0 aromatic carbocycles. The molecule has 1 amide bonds. The summed E-state index contributed by atoms with van der Waals surface area (Å²) in [5.41, 5.74) is 5.09. The first-order chi connectivity index (χ1) is 6.69. The molecule has 0 fully saturated rings. The van der Waals surface area contributed by atoms with Gasteiger partial charge in [0.2, 0.25) is 5.91 Å². The van der Waals surface area contributed by atoms with Crippen LogP contribution >= 0.6 is 0 Å². The van der Waals surface area contributed by atoms with Crippen molar-refractivity contribution >= 4 is 5.91 Å². The molecule has 0 spiro atoms. The van der Waals surface area contributed by atoms with Crippen molar-refractivity contribution in [1.29, 1.82) is 0 Å². The summed E-state index contributed by atoms with van der Waals surface area (Å²) in [5, 5.41) is 2.79. The number of carbonyl (C=O) groups excluding carboxylic acids is 1. The minimum Gasteiger partial charge on any atom is -0.337 e. The minimum atomic E-state index is -0.651. The number of nitrogens with zero attached hydrogens (tertiary/aromatic N) is 1. The molecule has 0 saturated carbocycles. The first-order valence-electron chi connectivity index (χ1n) is 5.55. The van der Waals surface area contributed by atoms with E-state index in [-0.39, 0.29) is 11.9 Å². The lowest BCUT2D eigenvalue weighted by Gasteiger charge is -2.32. The molecular formula is C11H25N3O. The third-order valence-electron chi connectivity index (χ3n) is 2.35. The van der Waals surface area contributed by atoms with E-state index in [1.54, 1.807) is 13.8 Å². The van der Waals surface area contributed by atoms with E-state index >= 15 is 0 Å². The molecule has 15 heavy (non-hydrogen) atoms. The molecule has 1 atom stereocenters.